The minimum absolute atomic E-state index is 0.213. The molecule has 1 heterocycles. The Bertz CT molecular complexity index is 657. The molecule has 116 valence electrons. The number of benzene rings is 1. The van der Waals surface area contributed by atoms with Gasteiger partial charge in [-0.05, 0) is 12.1 Å². The predicted octanol–water partition coefficient (Wildman–Crippen LogP) is 1.96. The minimum atomic E-state index is -0.659. The molecule has 2 rings (SSSR count). The van der Waals surface area contributed by atoms with Gasteiger partial charge in [0.05, 0.1) is 14.2 Å². The fraction of sp³-hybridized carbons (Fsp3) is 0.214. The van der Waals surface area contributed by atoms with Gasteiger partial charge in [0, 0.05) is 17.6 Å². The summed E-state index contributed by atoms with van der Waals surface area (Å²) in [6.07, 6.45) is 1.56. The van der Waals surface area contributed by atoms with Crippen LogP contribution in [-0.2, 0) is 9.53 Å². The lowest BCUT2D eigenvalue weighted by Gasteiger charge is -2.10. The minimum Gasteiger partial charge on any atom is -0.497 e. The second-order valence-corrected chi connectivity index (χ2v) is 4.92. The molecule has 1 amide bonds. The third-order valence-corrected chi connectivity index (χ3v) is 3.33. The molecule has 0 fully saturated rings. The van der Waals surface area contributed by atoms with Gasteiger partial charge >= 0.3 is 5.97 Å². The third-order valence-electron chi connectivity index (χ3n) is 2.64. The summed E-state index contributed by atoms with van der Waals surface area (Å²) < 4.78 is 15.1. The summed E-state index contributed by atoms with van der Waals surface area (Å²) in [6, 6.07) is 4.68. The number of hydrogen-bond donors (Lipinski definition) is 1. The number of esters is 1. The van der Waals surface area contributed by atoms with Gasteiger partial charge in [-0.2, -0.15) is 0 Å². The summed E-state index contributed by atoms with van der Waals surface area (Å²) in [7, 11) is 2.94. The van der Waals surface area contributed by atoms with Gasteiger partial charge in [0.25, 0.3) is 5.91 Å². The van der Waals surface area contributed by atoms with Crippen molar-refractivity contribution in [1.29, 1.82) is 0 Å². The molecular formula is C14H14N2O5S. The maximum Gasteiger partial charge on any atom is 0.342 e. The predicted molar refractivity (Wildman–Crippen MR) is 80.6 cm³/mol. The third kappa shape index (κ3) is 3.95. The number of aromatic nitrogens is 1. The summed E-state index contributed by atoms with van der Waals surface area (Å²) in [5, 5.41) is 4.69. The molecule has 0 aliphatic rings. The number of carbonyl (C=O) groups is 2. The van der Waals surface area contributed by atoms with Crippen molar-refractivity contribution in [3.63, 3.8) is 0 Å². The lowest BCUT2D eigenvalue weighted by Crippen LogP contribution is -2.21. The molecule has 0 saturated carbocycles. The maximum absolute atomic E-state index is 12.0. The molecule has 0 spiro atoms. The Hall–Kier alpha value is -2.61. The van der Waals surface area contributed by atoms with Crippen LogP contribution < -0.4 is 14.8 Å². The normalized spacial score (nSPS) is 9.91. The van der Waals surface area contributed by atoms with Crippen molar-refractivity contribution in [1.82, 2.24) is 4.98 Å². The van der Waals surface area contributed by atoms with Crippen LogP contribution in [0.1, 0.15) is 10.4 Å². The molecule has 0 saturated heterocycles. The highest BCUT2D eigenvalue weighted by molar-refractivity contribution is 7.13. The Kier molecular flexibility index (Phi) is 5.31. The lowest BCUT2D eigenvalue weighted by atomic mass is 10.2. The molecule has 2 aromatic rings. The number of thiazole rings is 1. The number of carbonyl (C=O) groups excluding carboxylic acids is 2. The van der Waals surface area contributed by atoms with Gasteiger partial charge in [-0.25, -0.2) is 9.78 Å². The van der Waals surface area contributed by atoms with E-state index in [1.807, 2.05) is 0 Å². The molecule has 0 unspecified atom stereocenters. The summed E-state index contributed by atoms with van der Waals surface area (Å²) >= 11 is 1.27. The van der Waals surface area contributed by atoms with Crippen molar-refractivity contribution in [2.75, 3.05) is 26.1 Å². The first-order valence-corrected chi connectivity index (χ1v) is 7.10. The van der Waals surface area contributed by atoms with E-state index in [2.05, 4.69) is 10.3 Å². The smallest absolute Gasteiger partial charge is 0.342 e. The molecule has 0 aliphatic heterocycles. The Morgan fingerprint density at radius 1 is 1.27 bits per heavy atom. The summed E-state index contributed by atoms with van der Waals surface area (Å²) in [5.74, 6) is -0.260. The first-order chi connectivity index (χ1) is 10.6. The van der Waals surface area contributed by atoms with Crippen LogP contribution in [0.15, 0.2) is 29.8 Å². The van der Waals surface area contributed by atoms with Gasteiger partial charge in [0.2, 0.25) is 0 Å². The lowest BCUT2D eigenvalue weighted by molar-refractivity contribution is -0.119. The number of anilines is 1. The van der Waals surface area contributed by atoms with Crippen molar-refractivity contribution in [2.45, 2.75) is 0 Å². The highest BCUT2D eigenvalue weighted by Crippen LogP contribution is 2.25. The van der Waals surface area contributed by atoms with Crippen LogP contribution in [0.2, 0.25) is 0 Å². The maximum atomic E-state index is 12.0. The quantitative estimate of drug-likeness (QED) is 0.818. The van der Waals surface area contributed by atoms with Crippen molar-refractivity contribution in [3.8, 4) is 11.5 Å². The zero-order chi connectivity index (χ0) is 15.9. The second-order valence-electron chi connectivity index (χ2n) is 4.03. The molecule has 7 nitrogen and oxygen atoms in total. The van der Waals surface area contributed by atoms with Crippen LogP contribution in [0.4, 0.5) is 5.13 Å². The summed E-state index contributed by atoms with van der Waals surface area (Å²) in [5.41, 5.74) is 0.213. The molecule has 1 aromatic carbocycles. The van der Waals surface area contributed by atoms with Crippen LogP contribution in [-0.4, -0.2) is 37.7 Å². The van der Waals surface area contributed by atoms with E-state index in [0.29, 0.717) is 16.6 Å². The van der Waals surface area contributed by atoms with E-state index in [0.717, 1.165) is 0 Å². The number of nitrogens with zero attached hydrogens (tertiary/aromatic N) is 1. The Morgan fingerprint density at radius 2 is 2.09 bits per heavy atom. The first-order valence-electron chi connectivity index (χ1n) is 6.22. The molecular weight excluding hydrogens is 308 g/mol. The second kappa shape index (κ2) is 7.41. The molecule has 8 heteroatoms. The zero-order valence-electron chi connectivity index (χ0n) is 12.0. The van der Waals surface area contributed by atoms with Gasteiger partial charge in [0.15, 0.2) is 11.7 Å². The van der Waals surface area contributed by atoms with Gasteiger partial charge in [-0.3, -0.25) is 10.1 Å². The van der Waals surface area contributed by atoms with Crippen molar-refractivity contribution < 1.29 is 23.8 Å². The van der Waals surface area contributed by atoms with E-state index in [1.54, 1.807) is 23.7 Å². The van der Waals surface area contributed by atoms with Gasteiger partial charge in [-0.15, -0.1) is 11.3 Å². The largest absolute Gasteiger partial charge is 0.497 e. The molecule has 22 heavy (non-hydrogen) atoms. The van der Waals surface area contributed by atoms with E-state index in [1.165, 1.54) is 31.6 Å². The SMILES string of the molecule is COc1ccc(C(=O)OCC(=O)Nc2nccs2)c(OC)c1. The van der Waals surface area contributed by atoms with Crippen LogP contribution in [0.25, 0.3) is 0 Å². The van der Waals surface area contributed by atoms with E-state index in [-0.39, 0.29) is 5.56 Å². The number of methoxy groups -OCH3 is 2. The molecule has 0 radical (unpaired) electrons. The Morgan fingerprint density at radius 3 is 2.73 bits per heavy atom. The van der Waals surface area contributed by atoms with Crippen LogP contribution in [0, 0.1) is 0 Å². The van der Waals surface area contributed by atoms with Crippen molar-refractivity contribution in [2.24, 2.45) is 0 Å². The first kappa shape index (κ1) is 15.8. The summed E-state index contributed by atoms with van der Waals surface area (Å²) in [6.45, 7) is -0.409. The monoisotopic (exact) mass is 322 g/mol. The number of ether oxygens (including phenoxy) is 3. The molecule has 0 atom stereocenters. The Labute approximate surface area is 130 Å². The number of rotatable bonds is 6. The molecule has 1 aromatic heterocycles. The molecule has 0 bridgehead atoms. The van der Waals surface area contributed by atoms with E-state index < -0.39 is 18.5 Å². The number of amides is 1. The number of hydrogen-bond acceptors (Lipinski definition) is 7. The fourth-order valence-corrected chi connectivity index (χ4v) is 2.16. The summed E-state index contributed by atoms with van der Waals surface area (Å²) in [4.78, 5) is 27.5. The fourth-order valence-electron chi connectivity index (χ4n) is 1.62. The van der Waals surface area contributed by atoms with Crippen molar-refractivity contribution in [3.05, 3.63) is 35.3 Å². The average molecular weight is 322 g/mol. The van der Waals surface area contributed by atoms with E-state index >= 15 is 0 Å². The topological polar surface area (TPSA) is 86.8 Å². The van der Waals surface area contributed by atoms with Gasteiger partial charge in [0.1, 0.15) is 17.1 Å². The van der Waals surface area contributed by atoms with Gasteiger partial charge < -0.3 is 14.2 Å². The van der Waals surface area contributed by atoms with Gasteiger partial charge in [-0.1, -0.05) is 0 Å². The standard InChI is InChI=1S/C14H14N2O5S/c1-19-9-3-4-10(11(7-9)20-2)13(18)21-8-12(17)16-14-15-5-6-22-14/h3-7H,8H2,1-2H3,(H,15,16,17). The Balaban J connectivity index is 1.96. The van der Waals surface area contributed by atoms with Crippen LogP contribution in [0.3, 0.4) is 0 Å². The molecule has 1 N–H and O–H groups in total. The van der Waals surface area contributed by atoms with E-state index in [4.69, 9.17) is 14.2 Å². The average Bonchev–Trinajstić information content (AvgIpc) is 3.04. The zero-order valence-corrected chi connectivity index (χ0v) is 12.8. The van der Waals surface area contributed by atoms with Crippen LogP contribution >= 0.6 is 11.3 Å². The van der Waals surface area contributed by atoms with E-state index in [9.17, 15) is 9.59 Å². The number of nitrogens with one attached hydrogen (secondary N) is 1. The van der Waals surface area contributed by atoms with Crippen molar-refractivity contribution >= 4 is 28.3 Å². The van der Waals surface area contributed by atoms with Crippen LogP contribution in [0.5, 0.6) is 11.5 Å². The molecule has 0 aliphatic carbocycles. The highest BCUT2D eigenvalue weighted by Gasteiger charge is 2.16. The highest BCUT2D eigenvalue weighted by atomic mass is 32.1.